The van der Waals surface area contributed by atoms with E-state index in [1.807, 2.05) is 6.07 Å². The molecule has 1 aliphatic carbocycles. The number of benzene rings is 1. The van der Waals surface area contributed by atoms with Gasteiger partial charge in [0.25, 0.3) is 0 Å². The van der Waals surface area contributed by atoms with Gasteiger partial charge in [-0.2, -0.15) is 0 Å². The van der Waals surface area contributed by atoms with Crippen LogP contribution >= 0.6 is 0 Å². The van der Waals surface area contributed by atoms with Crippen molar-refractivity contribution in [1.29, 1.82) is 0 Å². The van der Waals surface area contributed by atoms with Crippen LogP contribution in [0.3, 0.4) is 0 Å². The van der Waals surface area contributed by atoms with Crippen LogP contribution in [0.15, 0.2) is 24.3 Å². The molecule has 1 aromatic carbocycles. The molecule has 0 spiro atoms. The summed E-state index contributed by atoms with van der Waals surface area (Å²) >= 11 is 0. The number of aliphatic hydroxyl groups excluding tert-OH is 1. The summed E-state index contributed by atoms with van der Waals surface area (Å²) in [4.78, 5) is 0. The largest absolute Gasteiger partial charge is 0.396 e. The summed E-state index contributed by atoms with van der Waals surface area (Å²) in [5.74, 6) is 0.846. The lowest BCUT2D eigenvalue weighted by molar-refractivity contribution is 0.267. The molecule has 1 aromatic rings. The lowest BCUT2D eigenvalue weighted by Crippen LogP contribution is -2.17. The molecule has 0 radical (unpaired) electrons. The highest BCUT2D eigenvalue weighted by Gasteiger charge is 2.27. The minimum atomic E-state index is 0.117. The molecule has 2 nitrogen and oxygen atoms in total. The third-order valence-corrected chi connectivity index (χ3v) is 2.96. The van der Waals surface area contributed by atoms with Crippen LogP contribution in [0.5, 0.6) is 0 Å². The number of nitrogens with two attached hydrogens (primary N) is 1. The molecule has 0 aromatic heterocycles. The van der Waals surface area contributed by atoms with Gasteiger partial charge in [0.2, 0.25) is 0 Å². The molecule has 1 fully saturated rings. The van der Waals surface area contributed by atoms with Gasteiger partial charge in [-0.15, -0.1) is 0 Å². The Morgan fingerprint density at radius 2 is 2.07 bits per heavy atom. The first-order valence-corrected chi connectivity index (χ1v) is 5.26. The van der Waals surface area contributed by atoms with Gasteiger partial charge in [-0.3, -0.25) is 0 Å². The highest BCUT2D eigenvalue weighted by atomic mass is 16.3. The highest BCUT2D eigenvalue weighted by molar-refractivity contribution is 5.36. The molecule has 1 aliphatic rings. The van der Waals surface area contributed by atoms with Gasteiger partial charge >= 0.3 is 0 Å². The van der Waals surface area contributed by atoms with E-state index in [9.17, 15) is 5.11 Å². The van der Waals surface area contributed by atoms with Crippen molar-refractivity contribution in [2.75, 3.05) is 13.2 Å². The van der Waals surface area contributed by atoms with Gasteiger partial charge in [0.1, 0.15) is 0 Å². The molecule has 0 heterocycles. The summed E-state index contributed by atoms with van der Waals surface area (Å²) < 4.78 is 0. The molecular weight excluding hydrogens is 174 g/mol. The monoisotopic (exact) mass is 191 g/mol. The van der Waals surface area contributed by atoms with Crippen LogP contribution in [0.25, 0.3) is 0 Å². The maximum atomic E-state index is 9.23. The summed E-state index contributed by atoms with van der Waals surface area (Å²) in [5.41, 5.74) is 8.29. The van der Waals surface area contributed by atoms with Crippen molar-refractivity contribution in [3.63, 3.8) is 0 Å². The molecule has 0 bridgehead atoms. The molecule has 0 saturated heterocycles. The molecule has 1 saturated carbocycles. The summed E-state index contributed by atoms with van der Waals surface area (Å²) in [5, 5.41) is 9.23. The standard InChI is InChI=1S/C12H17NO/c13-7-10(8-14)12-4-2-1-3-11(12)9-5-6-9/h1-4,9-10,14H,5-8,13H2. The Morgan fingerprint density at radius 1 is 1.36 bits per heavy atom. The lowest BCUT2D eigenvalue weighted by Gasteiger charge is -2.16. The van der Waals surface area contributed by atoms with E-state index in [0.717, 1.165) is 5.92 Å². The van der Waals surface area contributed by atoms with Crippen LogP contribution in [0.4, 0.5) is 0 Å². The van der Waals surface area contributed by atoms with Gasteiger partial charge in [-0.05, 0) is 29.9 Å². The Labute approximate surface area is 84.7 Å². The van der Waals surface area contributed by atoms with E-state index in [1.165, 1.54) is 24.0 Å². The number of rotatable bonds is 4. The van der Waals surface area contributed by atoms with Gasteiger partial charge in [0, 0.05) is 12.5 Å². The highest BCUT2D eigenvalue weighted by Crippen LogP contribution is 2.42. The van der Waals surface area contributed by atoms with Crippen molar-refractivity contribution < 1.29 is 5.11 Å². The number of hydrogen-bond acceptors (Lipinski definition) is 2. The molecule has 2 rings (SSSR count). The zero-order valence-corrected chi connectivity index (χ0v) is 8.32. The van der Waals surface area contributed by atoms with Crippen LogP contribution < -0.4 is 5.73 Å². The van der Waals surface area contributed by atoms with Gasteiger partial charge < -0.3 is 10.8 Å². The van der Waals surface area contributed by atoms with E-state index >= 15 is 0 Å². The first kappa shape index (κ1) is 9.69. The van der Waals surface area contributed by atoms with Crippen molar-refractivity contribution in [2.24, 2.45) is 5.73 Å². The zero-order chi connectivity index (χ0) is 9.97. The van der Waals surface area contributed by atoms with Gasteiger partial charge in [0.15, 0.2) is 0 Å². The summed E-state index contributed by atoms with van der Waals surface area (Å²) in [6, 6.07) is 8.37. The minimum Gasteiger partial charge on any atom is -0.396 e. The second kappa shape index (κ2) is 4.11. The summed E-state index contributed by atoms with van der Waals surface area (Å²) in [6.45, 7) is 0.681. The topological polar surface area (TPSA) is 46.2 Å². The van der Waals surface area contributed by atoms with Crippen LogP contribution in [-0.4, -0.2) is 18.3 Å². The predicted molar refractivity (Wildman–Crippen MR) is 57.3 cm³/mol. The Hall–Kier alpha value is -0.860. The van der Waals surface area contributed by atoms with E-state index in [2.05, 4.69) is 18.2 Å². The molecule has 1 atom stereocenters. The first-order valence-electron chi connectivity index (χ1n) is 5.26. The number of hydrogen-bond donors (Lipinski definition) is 2. The van der Waals surface area contributed by atoms with E-state index in [-0.39, 0.29) is 12.5 Å². The van der Waals surface area contributed by atoms with E-state index in [0.29, 0.717) is 6.54 Å². The van der Waals surface area contributed by atoms with Crippen LogP contribution in [0, 0.1) is 0 Å². The molecule has 2 heteroatoms. The maximum absolute atomic E-state index is 9.23. The van der Waals surface area contributed by atoms with Crippen LogP contribution in [-0.2, 0) is 0 Å². The van der Waals surface area contributed by atoms with Gasteiger partial charge in [-0.25, -0.2) is 0 Å². The smallest absolute Gasteiger partial charge is 0.0512 e. The third kappa shape index (κ3) is 1.81. The molecule has 14 heavy (non-hydrogen) atoms. The van der Waals surface area contributed by atoms with Crippen LogP contribution in [0.2, 0.25) is 0 Å². The average Bonchev–Trinajstić information content (AvgIpc) is 3.04. The second-order valence-electron chi connectivity index (χ2n) is 4.02. The first-order chi connectivity index (χ1) is 6.86. The maximum Gasteiger partial charge on any atom is 0.0512 e. The van der Waals surface area contributed by atoms with E-state index in [4.69, 9.17) is 5.73 Å². The van der Waals surface area contributed by atoms with E-state index in [1.54, 1.807) is 0 Å². The quantitative estimate of drug-likeness (QED) is 0.759. The van der Waals surface area contributed by atoms with Crippen molar-refractivity contribution in [3.8, 4) is 0 Å². The molecule has 1 unspecified atom stereocenters. The fraction of sp³-hybridized carbons (Fsp3) is 0.500. The predicted octanol–water partition coefficient (Wildman–Crippen LogP) is 1.60. The molecule has 0 aliphatic heterocycles. The van der Waals surface area contributed by atoms with Crippen molar-refractivity contribution in [1.82, 2.24) is 0 Å². The van der Waals surface area contributed by atoms with Gasteiger partial charge in [-0.1, -0.05) is 24.3 Å². The summed E-state index contributed by atoms with van der Waals surface area (Å²) in [7, 11) is 0. The Bertz CT molecular complexity index is 303. The van der Waals surface area contributed by atoms with Gasteiger partial charge in [0.05, 0.1) is 6.61 Å². The van der Waals surface area contributed by atoms with Crippen molar-refractivity contribution >= 4 is 0 Å². The lowest BCUT2D eigenvalue weighted by atomic mass is 9.92. The zero-order valence-electron chi connectivity index (χ0n) is 8.32. The minimum absolute atomic E-state index is 0.117. The molecule has 0 amide bonds. The van der Waals surface area contributed by atoms with Crippen molar-refractivity contribution in [2.45, 2.75) is 24.7 Å². The average molecular weight is 191 g/mol. The normalized spacial score (nSPS) is 18.1. The Balaban J connectivity index is 2.29. The molecule has 3 N–H and O–H groups in total. The Morgan fingerprint density at radius 3 is 2.64 bits per heavy atom. The summed E-state index contributed by atoms with van der Waals surface area (Å²) in [6.07, 6.45) is 2.58. The van der Waals surface area contributed by atoms with Crippen molar-refractivity contribution in [3.05, 3.63) is 35.4 Å². The Kier molecular flexibility index (Phi) is 2.85. The van der Waals surface area contributed by atoms with E-state index < -0.39 is 0 Å². The second-order valence-corrected chi connectivity index (χ2v) is 4.02. The fourth-order valence-electron chi connectivity index (χ4n) is 1.95. The SMILES string of the molecule is NCC(CO)c1ccccc1C1CC1. The van der Waals surface area contributed by atoms with Crippen LogP contribution in [0.1, 0.15) is 35.8 Å². The fourth-order valence-corrected chi connectivity index (χ4v) is 1.95. The molecular formula is C12H17NO. The third-order valence-electron chi connectivity index (χ3n) is 2.96. The molecule has 76 valence electrons. The number of aliphatic hydroxyl groups is 1.